The summed E-state index contributed by atoms with van der Waals surface area (Å²) in [5, 5.41) is 14.3. The molecule has 3 aromatic rings. The molecule has 0 radical (unpaired) electrons. The third-order valence-electron chi connectivity index (χ3n) is 3.45. The van der Waals surface area contributed by atoms with E-state index in [1.807, 2.05) is 24.3 Å². The lowest BCUT2D eigenvalue weighted by atomic mass is 10.1. The third-order valence-corrected chi connectivity index (χ3v) is 4.75. The number of rotatable bonds is 3. The number of hydrogen-bond donors (Lipinski definition) is 2. The molecule has 1 heterocycles. The van der Waals surface area contributed by atoms with E-state index in [-0.39, 0.29) is 6.04 Å². The monoisotopic (exact) mass is 283 g/mol. The average Bonchev–Trinajstić information content (AvgIpc) is 2.86. The largest absolute Gasteiger partial charge is 0.508 e. The summed E-state index contributed by atoms with van der Waals surface area (Å²) >= 11 is 1.82. The van der Waals surface area contributed by atoms with Gasteiger partial charge >= 0.3 is 0 Å². The molecule has 20 heavy (non-hydrogen) atoms. The van der Waals surface area contributed by atoms with Crippen molar-refractivity contribution >= 4 is 27.1 Å². The van der Waals surface area contributed by atoms with Crippen molar-refractivity contribution in [3.63, 3.8) is 0 Å². The van der Waals surface area contributed by atoms with Crippen LogP contribution in [0, 0.1) is 6.92 Å². The van der Waals surface area contributed by atoms with Gasteiger partial charge < -0.3 is 10.4 Å². The highest BCUT2D eigenvalue weighted by Crippen LogP contribution is 2.32. The van der Waals surface area contributed by atoms with Crippen molar-refractivity contribution in [3.05, 3.63) is 59.0 Å². The molecule has 3 heteroatoms. The van der Waals surface area contributed by atoms with E-state index in [2.05, 4.69) is 42.6 Å². The van der Waals surface area contributed by atoms with Crippen LogP contribution in [0.25, 0.3) is 10.1 Å². The Hall–Kier alpha value is -2.00. The topological polar surface area (TPSA) is 32.3 Å². The summed E-state index contributed by atoms with van der Waals surface area (Å²) in [6, 6.07) is 16.4. The minimum atomic E-state index is 0.246. The first-order valence-electron chi connectivity index (χ1n) is 6.68. The Morgan fingerprint density at radius 3 is 2.65 bits per heavy atom. The van der Waals surface area contributed by atoms with E-state index in [9.17, 15) is 5.11 Å². The summed E-state index contributed by atoms with van der Waals surface area (Å²) in [5.74, 6) is 0.308. The van der Waals surface area contributed by atoms with Crippen molar-refractivity contribution in [1.82, 2.24) is 0 Å². The molecule has 1 atom stereocenters. The van der Waals surface area contributed by atoms with Gasteiger partial charge in [0.05, 0.1) is 6.04 Å². The Morgan fingerprint density at radius 2 is 1.90 bits per heavy atom. The number of aryl methyl sites for hydroxylation is 1. The molecule has 0 amide bonds. The number of fused-ring (bicyclic) bond motifs is 1. The van der Waals surface area contributed by atoms with Crippen LogP contribution in [-0.2, 0) is 0 Å². The van der Waals surface area contributed by atoms with E-state index < -0.39 is 0 Å². The van der Waals surface area contributed by atoms with Gasteiger partial charge in [-0.05, 0) is 55.1 Å². The van der Waals surface area contributed by atoms with Gasteiger partial charge in [0.2, 0.25) is 0 Å². The Kier molecular flexibility index (Phi) is 3.36. The van der Waals surface area contributed by atoms with Gasteiger partial charge in [-0.2, -0.15) is 0 Å². The number of benzene rings is 2. The Labute approximate surface area is 122 Å². The van der Waals surface area contributed by atoms with Crippen molar-refractivity contribution in [2.24, 2.45) is 0 Å². The summed E-state index contributed by atoms with van der Waals surface area (Å²) in [6.45, 7) is 4.16. The molecule has 0 fully saturated rings. The fourth-order valence-corrected chi connectivity index (χ4v) is 3.40. The molecular weight excluding hydrogens is 266 g/mol. The first-order chi connectivity index (χ1) is 9.63. The SMILES string of the molecule is Cc1cc(O)ccc1NC(C)c1cc2ccccc2s1. The molecule has 1 aromatic heterocycles. The molecule has 0 aliphatic heterocycles. The maximum Gasteiger partial charge on any atom is 0.115 e. The zero-order chi connectivity index (χ0) is 14.1. The second-order valence-corrected chi connectivity index (χ2v) is 6.17. The number of aromatic hydroxyl groups is 1. The molecule has 2 aromatic carbocycles. The molecule has 0 saturated heterocycles. The predicted octanol–water partition coefficient (Wildman–Crippen LogP) is 5.09. The van der Waals surface area contributed by atoms with Crippen LogP contribution in [0.1, 0.15) is 23.4 Å². The Balaban J connectivity index is 1.86. The predicted molar refractivity (Wildman–Crippen MR) is 86.7 cm³/mol. The van der Waals surface area contributed by atoms with Crippen molar-refractivity contribution in [2.45, 2.75) is 19.9 Å². The summed E-state index contributed by atoms with van der Waals surface area (Å²) in [6.07, 6.45) is 0. The van der Waals surface area contributed by atoms with Gasteiger partial charge in [0.25, 0.3) is 0 Å². The van der Waals surface area contributed by atoms with Gasteiger partial charge in [-0.3, -0.25) is 0 Å². The number of anilines is 1. The lowest BCUT2D eigenvalue weighted by Gasteiger charge is -2.15. The van der Waals surface area contributed by atoms with Crippen molar-refractivity contribution in [2.75, 3.05) is 5.32 Å². The highest BCUT2D eigenvalue weighted by molar-refractivity contribution is 7.19. The number of thiophene rings is 1. The first-order valence-corrected chi connectivity index (χ1v) is 7.50. The molecule has 0 saturated carbocycles. The lowest BCUT2D eigenvalue weighted by Crippen LogP contribution is -2.05. The smallest absolute Gasteiger partial charge is 0.115 e. The second-order valence-electron chi connectivity index (χ2n) is 5.05. The van der Waals surface area contributed by atoms with Gasteiger partial charge in [0, 0.05) is 15.3 Å². The minimum absolute atomic E-state index is 0.246. The van der Waals surface area contributed by atoms with Gasteiger partial charge in [-0.15, -0.1) is 11.3 Å². The van der Waals surface area contributed by atoms with Gasteiger partial charge in [0.15, 0.2) is 0 Å². The molecular formula is C17H17NOS. The normalized spacial score (nSPS) is 12.5. The van der Waals surface area contributed by atoms with Gasteiger partial charge in [0.1, 0.15) is 5.75 Å². The van der Waals surface area contributed by atoms with Crippen LogP contribution in [-0.4, -0.2) is 5.11 Å². The average molecular weight is 283 g/mol. The van der Waals surface area contributed by atoms with Crippen LogP contribution >= 0.6 is 11.3 Å². The van der Waals surface area contributed by atoms with Crippen molar-refractivity contribution in [1.29, 1.82) is 0 Å². The maximum absolute atomic E-state index is 9.46. The zero-order valence-corrected chi connectivity index (χ0v) is 12.4. The van der Waals surface area contributed by atoms with Crippen molar-refractivity contribution < 1.29 is 5.11 Å². The van der Waals surface area contributed by atoms with Crippen molar-refractivity contribution in [3.8, 4) is 5.75 Å². The molecule has 0 aliphatic carbocycles. The first kappa shape index (κ1) is 13.0. The van der Waals surface area contributed by atoms with Gasteiger partial charge in [-0.25, -0.2) is 0 Å². The molecule has 102 valence electrons. The third kappa shape index (κ3) is 2.49. The molecule has 1 unspecified atom stereocenters. The van der Waals surface area contributed by atoms with Crippen LogP contribution in [0.2, 0.25) is 0 Å². The maximum atomic E-state index is 9.46. The number of phenols is 1. The standard InChI is InChI=1S/C17H17NOS/c1-11-9-14(19)7-8-15(11)18-12(2)17-10-13-5-3-4-6-16(13)20-17/h3-10,12,18-19H,1-2H3. The number of hydrogen-bond acceptors (Lipinski definition) is 3. The minimum Gasteiger partial charge on any atom is -0.508 e. The van der Waals surface area contributed by atoms with E-state index in [4.69, 9.17) is 0 Å². The lowest BCUT2D eigenvalue weighted by molar-refractivity contribution is 0.475. The number of phenolic OH excluding ortho intramolecular Hbond substituents is 1. The van der Waals surface area contributed by atoms with Crippen LogP contribution in [0.4, 0.5) is 5.69 Å². The van der Waals surface area contributed by atoms with E-state index in [0.717, 1.165) is 11.3 Å². The number of nitrogens with one attached hydrogen (secondary N) is 1. The van der Waals surface area contributed by atoms with E-state index >= 15 is 0 Å². The Morgan fingerprint density at radius 1 is 1.10 bits per heavy atom. The molecule has 0 spiro atoms. The fourth-order valence-electron chi connectivity index (χ4n) is 2.33. The second kappa shape index (κ2) is 5.17. The highest BCUT2D eigenvalue weighted by atomic mass is 32.1. The van der Waals surface area contributed by atoms with Crippen LogP contribution in [0.15, 0.2) is 48.5 Å². The summed E-state index contributed by atoms with van der Waals surface area (Å²) in [5.41, 5.74) is 2.12. The van der Waals surface area contributed by atoms with E-state index in [1.165, 1.54) is 15.0 Å². The van der Waals surface area contributed by atoms with Crippen LogP contribution in [0.3, 0.4) is 0 Å². The van der Waals surface area contributed by atoms with Gasteiger partial charge in [-0.1, -0.05) is 18.2 Å². The zero-order valence-electron chi connectivity index (χ0n) is 11.6. The van der Waals surface area contributed by atoms with E-state index in [0.29, 0.717) is 5.75 Å². The van der Waals surface area contributed by atoms with Crippen LogP contribution in [0.5, 0.6) is 5.75 Å². The van der Waals surface area contributed by atoms with E-state index in [1.54, 1.807) is 12.1 Å². The molecule has 0 bridgehead atoms. The molecule has 0 aliphatic rings. The summed E-state index contributed by atoms with van der Waals surface area (Å²) < 4.78 is 1.32. The quantitative estimate of drug-likeness (QED) is 0.656. The van der Waals surface area contributed by atoms with Crippen LogP contribution < -0.4 is 5.32 Å². The Bertz CT molecular complexity index is 715. The molecule has 3 rings (SSSR count). The fraction of sp³-hybridized carbons (Fsp3) is 0.176. The molecule has 2 nitrogen and oxygen atoms in total. The molecule has 2 N–H and O–H groups in total. The summed E-state index contributed by atoms with van der Waals surface area (Å²) in [4.78, 5) is 1.32. The summed E-state index contributed by atoms with van der Waals surface area (Å²) in [7, 11) is 0. The highest BCUT2D eigenvalue weighted by Gasteiger charge is 2.10.